The average Bonchev–Trinajstić information content (AvgIpc) is 2.76. The van der Waals surface area contributed by atoms with Gasteiger partial charge in [0.05, 0.1) is 18.0 Å². The van der Waals surface area contributed by atoms with E-state index in [1.165, 1.54) is 4.31 Å². The van der Waals surface area contributed by atoms with Crippen molar-refractivity contribution in [2.75, 3.05) is 16.2 Å². The van der Waals surface area contributed by atoms with E-state index in [2.05, 4.69) is 5.32 Å². The van der Waals surface area contributed by atoms with E-state index in [1.54, 1.807) is 48.5 Å². The summed E-state index contributed by atoms with van der Waals surface area (Å²) in [5.74, 6) is -0.178. The van der Waals surface area contributed by atoms with E-state index in [9.17, 15) is 13.2 Å². The summed E-state index contributed by atoms with van der Waals surface area (Å²) in [5, 5.41) is 2.89. The van der Waals surface area contributed by atoms with Crippen LogP contribution in [0.15, 0.2) is 72.8 Å². The number of para-hydroxylation sites is 2. The van der Waals surface area contributed by atoms with E-state index in [-0.39, 0.29) is 18.2 Å². The molecule has 1 unspecified atom stereocenters. The van der Waals surface area contributed by atoms with Crippen molar-refractivity contribution in [2.24, 2.45) is 0 Å². The van der Waals surface area contributed by atoms with E-state index in [1.807, 2.05) is 38.1 Å². The molecule has 0 saturated carbocycles. The predicted octanol–water partition coefficient (Wildman–Crippen LogP) is 4.04. The second-order valence-corrected chi connectivity index (χ2v) is 9.48. The number of ether oxygens (including phenoxy) is 1. The molecule has 1 amide bonds. The normalized spacial score (nSPS) is 15.7. The maximum atomic E-state index is 13.3. The summed E-state index contributed by atoms with van der Waals surface area (Å²) >= 11 is 0. The van der Waals surface area contributed by atoms with Crippen LogP contribution in [0.5, 0.6) is 5.75 Å². The van der Waals surface area contributed by atoms with Crippen LogP contribution in [0.4, 0.5) is 11.4 Å². The number of carbonyl (C=O) groups is 1. The van der Waals surface area contributed by atoms with Crippen molar-refractivity contribution >= 4 is 27.3 Å². The van der Waals surface area contributed by atoms with E-state index in [4.69, 9.17) is 4.74 Å². The summed E-state index contributed by atoms with van der Waals surface area (Å²) in [6, 6.07) is 21.5. The zero-order valence-electron chi connectivity index (χ0n) is 17.4. The van der Waals surface area contributed by atoms with E-state index >= 15 is 0 Å². The fourth-order valence-electron chi connectivity index (χ4n) is 3.56. The number of benzene rings is 3. The van der Waals surface area contributed by atoms with Gasteiger partial charge in [-0.1, -0.05) is 54.6 Å². The number of nitrogens with one attached hydrogen (secondary N) is 1. The number of nitrogens with zero attached hydrogens (tertiary/aromatic N) is 1. The predicted molar refractivity (Wildman–Crippen MR) is 122 cm³/mol. The largest absolute Gasteiger partial charge is 0.476 e. The SMILES string of the molecule is Cc1cccc(NC(=O)C2CN(S(=O)(=O)Cc3ccccc3)c3ccccc3O2)c1C. The number of fused-ring (bicyclic) bond motifs is 1. The molecule has 0 saturated heterocycles. The highest BCUT2D eigenvalue weighted by Crippen LogP contribution is 2.36. The zero-order valence-corrected chi connectivity index (χ0v) is 18.2. The number of hydrogen-bond acceptors (Lipinski definition) is 4. The van der Waals surface area contributed by atoms with Crippen molar-refractivity contribution in [3.8, 4) is 5.75 Å². The van der Waals surface area contributed by atoms with Crippen molar-refractivity contribution in [2.45, 2.75) is 25.7 Å². The van der Waals surface area contributed by atoms with Crippen molar-refractivity contribution < 1.29 is 17.9 Å². The van der Waals surface area contributed by atoms with Crippen LogP contribution < -0.4 is 14.4 Å². The Kier molecular flexibility index (Phi) is 5.69. The molecule has 7 heteroatoms. The first-order valence-corrected chi connectivity index (χ1v) is 11.6. The van der Waals surface area contributed by atoms with Crippen LogP contribution in [0.25, 0.3) is 0 Å². The first kappa shape index (κ1) is 20.9. The Morgan fingerprint density at radius 2 is 1.71 bits per heavy atom. The third-order valence-corrected chi connectivity index (χ3v) is 7.13. The fourth-order valence-corrected chi connectivity index (χ4v) is 5.15. The summed E-state index contributed by atoms with van der Waals surface area (Å²) in [6.45, 7) is 3.80. The van der Waals surface area contributed by atoms with Gasteiger partial charge in [0, 0.05) is 5.69 Å². The number of amides is 1. The Labute approximate surface area is 182 Å². The molecule has 1 atom stereocenters. The van der Waals surface area contributed by atoms with Crippen LogP contribution in [0.2, 0.25) is 0 Å². The van der Waals surface area contributed by atoms with Crippen molar-refractivity contribution in [1.82, 2.24) is 0 Å². The monoisotopic (exact) mass is 436 g/mol. The topological polar surface area (TPSA) is 75.7 Å². The minimum Gasteiger partial charge on any atom is -0.476 e. The maximum absolute atomic E-state index is 13.3. The number of aryl methyl sites for hydroxylation is 1. The lowest BCUT2D eigenvalue weighted by molar-refractivity contribution is -0.122. The van der Waals surface area contributed by atoms with Gasteiger partial charge >= 0.3 is 0 Å². The highest BCUT2D eigenvalue weighted by Gasteiger charge is 2.36. The molecule has 0 aliphatic carbocycles. The van der Waals surface area contributed by atoms with Crippen LogP contribution in [0, 0.1) is 13.8 Å². The molecule has 3 aromatic rings. The van der Waals surface area contributed by atoms with Gasteiger partial charge in [0.25, 0.3) is 5.91 Å². The van der Waals surface area contributed by atoms with Crippen molar-refractivity contribution in [1.29, 1.82) is 0 Å². The quantitative estimate of drug-likeness (QED) is 0.655. The van der Waals surface area contributed by atoms with Gasteiger partial charge in [-0.05, 0) is 48.7 Å². The van der Waals surface area contributed by atoms with Gasteiger partial charge in [-0.25, -0.2) is 8.42 Å². The van der Waals surface area contributed by atoms with E-state index in [0.717, 1.165) is 11.1 Å². The summed E-state index contributed by atoms with van der Waals surface area (Å²) in [4.78, 5) is 13.0. The van der Waals surface area contributed by atoms with Crippen LogP contribution in [-0.4, -0.2) is 27.0 Å². The lowest BCUT2D eigenvalue weighted by Gasteiger charge is -2.34. The smallest absolute Gasteiger partial charge is 0.267 e. The number of rotatable bonds is 5. The number of anilines is 2. The average molecular weight is 437 g/mol. The molecule has 3 aromatic carbocycles. The molecule has 0 radical (unpaired) electrons. The van der Waals surface area contributed by atoms with Crippen LogP contribution in [0.3, 0.4) is 0 Å². The van der Waals surface area contributed by atoms with Gasteiger partial charge in [-0.2, -0.15) is 0 Å². The zero-order chi connectivity index (χ0) is 22.0. The van der Waals surface area contributed by atoms with Crippen molar-refractivity contribution in [3.63, 3.8) is 0 Å². The Balaban J connectivity index is 1.62. The highest BCUT2D eigenvalue weighted by molar-refractivity contribution is 7.92. The molecular weight excluding hydrogens is 412 g/mol. The molecule has 0 spiro atoms. The molecule has 1 aliphatic rings. The van der Waals surface area contributed by atoms with Gasteiger partial charge < -0.3 is 10.1 Å². The third kappa shape index (κ3) is 4.41. The molecule has 6 nitrogen and oxygen atoms in total. The molecule has 0 aromatic heterocycles. The number of carbonyl (C=O) groups excluding carboxylic acids is 1. The maximum Gasteiger partial charge on any atom is 0.267 e. The lowest BCUT2D eigenvalue weighted by atomic mass is 10.1. The molecular formula is C24H24N2O4S. The van der Waals surface area contributed by atoms with Crippen LogP contribution in [-0.2, 0) is 20.6 Å². The summed E-state index contributed by atoms with van der Waals surface area (Å²) in [6.07, 6.45) is -0.972. The van der Waals surface area contributed by atoms with Gasteiger partial charge in [-0.15, -0.1) is 0 Å². The molecule has 1 aliphatic heterocycles. The summed E-state index contributed by atoms with van der Waals surface area (Å²) in [5.41, 5.74) is 3.82. The molecule has 0 bridgehead atoms. The second kappa shape index (κ2) is 8.43. The molecule has 31 heavy (non-hydrogen) atoms. The van der Waals surface area contributed by atoms with Gasteiger partial charge in [0.1, 0.15) is 5.75 Å². The Morgan fingerprint density at radius 3 is 2.48 bits per heavy atom. The molecule has 160 valence electrons. The van der Waals surface area contributed by atoms with Gasteiger partial charge in [0.2, 0.25) is 10.0 Å². The van der Waals surface area contributed by atoms with E-state index < -0.39 is 16.1 Å². The molecule has 4 rings (SSSR count). The molecule has 0 fully saturated rings. The minimum absolute atomic E-state index is 0.0944. The molecule has 1 N–H and O–H groups in total. The first-order valence-electron chi connectivity index (χ1n) is 10.0. The Bertz CT molecular complexity index is 1210. The second-order valence-electron chi connectivity index (χ2n) is 7.58. The van der Waals surface area contributed by atoms with Gasteiger partial charge in [0.15, 0.2) is 6.10 Å². The first-order chi connectivity index (χ1) is 14.8. The highest BCUT2D eigenvalue weighted by atomic mass is 32.2. The Morgan fingerprint density at radius 1 is 1.00 bits per heavy atom. The summed E-state index contributed by atoms with van der Waals surface area (Å²) in [7, 11) is -3.73. The standard InChI is InChI=1S/C24H24N2O4S/c1-17-9-8-12-20(18(17)2)25-24(27)23-15-26(21-13-6-7-14-22(21)30-23)31(28,29)16-19-10-4-3-5-11-19/h3-14,23H,15-16H2,1-2H3,(H,25,27). The molecule has 1 heterocycles. The fraction of sp³-hybridized carbons (Fsp3) is 0.208. The van der Waals surface area contributed by atoms with Crippen molar-refractivity contribution in [3.05, 3.63) is 89.5 Å². The number of hydrogen-bond donors (Lipinski definition) is 1. The number of sulfonamides is 1. The van der Waals surface area contributed by atoms with Gasteiger partial charge in [-0.3, -0.25) is 9.10 Å². The third-order valence-electron chi connectivity index (χ3n) is 5.42. The van der Waals surface area contributed by atoms with Crippen LogP contribution in [0.1, 0.15) is 16.7 Å². The lowest BCUT2D eigenvalue weighted by Crippen LogP contribution is -2.49. The van der Waals surface area contributed by atoms with Crippen LogP contribution >= 0.6 is 0 Å². The van der Waals surface area contributed by atoms with E-state index in [0.29, 0.717) is 22.7 Å². The minimum atomic E-state index is -3.73. The Hall–Kier alpha value is -3.32. The summed E-state index contributed by atoms with van der Waals surface area (Å²) < 4.78 is 33.7.